The van der Waals surface area contributed by atoms with Crippen LogP contribution in [0.25, 0.3) is 0 Å². The Hall–Kier alpha value is -2.15. The summed E-state index contributed by atoms with van der Waals surface area (Å²) in [6, 6.07) is 10.8. The number of nitrogens with one attached hydrogen (secondary N) is 2. The first-order chi connectivity index (χ1) is 13.4. The van der Waals surface area contributed by atoms with Crippen molar-refractivity contribution in [3.05, 3.63) is 63.9 Å². The minimum Gasteiger partial charge on any atom is -0.351 e. The van der Waals surface area contributed by atoms with Gasteiger partial charge in [-0.05, 0) is 42.4 Å². The molecule has 2 amide bonds. The Morgan fingerprint density at radius 1 is 1.07 bits per heavy atom. The molecule has 0 heterocycles. The molecule has 0 aliphatic heterocycles. The van der Waals surface area contributed by atoms with Crippen molar-refractivity contribution in [1.29, 1.82) is 0 Å². The minimum atomic E-state index is -0.315. The fourth-order valence-corrected chi connectivity index (χ4v) is 2.81. The Morgan fingerprint density at radius 3 is 2.46 bits per heavy atom. The number of benzene rings is 2. The molecule has 0 aliphatic rings. The normalized spacial score (nSPS) is 10.8. The van der Waals surface area contributed by atoms with Gasteiger partial charge in [0.1, 0.15) is 5.82 Å². The Bertz CT molecular complexity index is 816. The van der Waals surface area contributed by atoms with Crippen LogP contribution in [-0.4, -0.2) is 36.3 Å². The number of carbonyl (C=O) groups is 2. The molecule has 150 valence electrons. The van der Waals surface area contributed by atoms with Gasteiger partial charge in [-0.15, -0.1) is 0 Å². The van der Waals surface area contributed by atoms with E-state index in [1.807, 2.05) is 11.8 Å². The van der Waals surface area contributed by atoms with Gasteiger partial charge in [-0.1, -0.05) is 42.3 Å². The molecule has 28 heavy (non-hydrogen) atoms. The number of nitrogens with zero attached hydrogens (tertiary/aromatic N) is 1. The fraction of sp³-hybridized carbons (Fsp3) is 0.300. The molecule has 5 nitrogen and oxygen atoms in total. The summed E-state index contributed by atoms with van der Waals surface area (Å²) in [5, 5.41) is 6.40. The first-order valence-electron chi connectivity index (χ1n) is 8.85. The van der Waals surface area contributed by atoms with Gasteiger partial charge in [0.2, 0.25) is 11.8 Å². The molecular formula is C20H22Cl2FN3O2. The SMILES string of the molecule is CCN(CCC(=O)Nc1cc(Cl)ccc1Cl)CC(=O)NCc1ccc(F)cc1. The molecule has 2 aromatic rings. The van der Waals surface area contributed by atoms with Crippen LogP contribution in [0, 0.1) is 5.82 Å². The maximum absolute atomic E-state index is 12.9. The summed E-state index contributed by atoms with van der Waals surface area (Å²) < 4.78 is 12.9. The van der Waals surface area contributed by atoms with Crippen molar-refractivity contribution in [3.8, 4) is 0 Å². The number of rotatable bonds is 9. The van der Waals surface area contributed by atoms with Gasteiger partial charge in [0.25, 0.3) is 0 Å². The molecule has 0 aromatic heterocycles. The van der Waals surface area contributed by atoms with E-state index in [0.29, 0.717) is 35.4 Å². The predicted molar refractivity (Wildman–Crippen MR) is 110 cm³/mol. The second-order valence-corrected chi connectivity index (χ2v) is 7.04. The van der Waals surface area contributed by atoms with E-state index >= 15 is 0 Å². The summed E-state index contributed by atoms with van der Waals surface area (Å²) in [6.07, 6.45) is 0.210. The highest BCUT2D eigenvalue weighted by Crippen LogP contribution is 2.25. The number of hydrogen-bond acceptors (Lipinski definition) is 3. The van der Waals surface area contributed by atoms with E-state index in [4.69, 9.17) is 23.2 Å². The number of hydrogen-bond donors (Lipinski definition) is 2. The maximum Gasteiger partial charge on any atom is 0.234 e. The van der Waals surface area contributed by atoms with Crippen LogP contribution >= 0.6 is 23.2 Å². The van der Waals surface area contributed by atoms with Crippen molar-refractivity contribution in [2.45, 2.75) is 19.9 Å². The summed E-state index contributed by atoms with van der Waals surface area (Å²) in [4.78, 5) is 26.1. The van der Waals surface area contributed by atoms with Gasteiger partial charge in [-0.3, -0.25) is 14.5 Å². The first kappa shape index (κ1) is 22.1. The fourth-order valence-electron chi connectivity index (χ4n) is 2.48. The second kappa shape index (κ2) is 11.0. The Labute approximate surface area is 173 Å². The molecular weight excluding hydrogens is 404 g/mol. The maximum atomic E-state index is 12.9. The average Bonchev–Trinajstić information content (AvgIpc) is 2.67. The molecule has 0 bridgehead atoms. The molecule has 8 heteroatoms. The number of likely N-dealkylation sites (N-methyl/N-ethyl adjacent to an activating group) is 1. The standard InChI is InChI=1S/C20H22Cl2FN3O2/c1-2-26(13-20(28)24-12-14-3-6-16(23)7-4-14)10-9-19(27)25-18-11-15(21)5-8-17(18)22/h3-8,11H,2,9-10,12-13H2,1H3,(H,24,28)(H,25,27). The van der Waals surface area contributed by atoms with E-state index in [-0.39, 0.29) is 30.6 Å². The lowest BCUT2D eigenvalue weighted by Gasteiger charge is -2.19. The molecule has 0 unspecified atom stereocenters. The zero-order valence-electron chi connectivity index (χ0n) is 15.5. The van der Waals surface area contributed by atoms with Crippen LogP contribution in [0.5, 0.6) is 0 Å². The lowest BCUT2D eigenvalue weighted by atomic mass is 10.2. The Balaban J connectivity index is 1.76. The van der Waals surface area contributed by atoms with Crippen molar-refractivity contribution in [3.63, 3.8) is 0 Å². The topological polar surface area (TPSA) is 61.4 Å². The Kier molecular flexibility index (Phi) is 8.70. The van der Waals surface area contributed by atoms with Gasteiger partial charge in [0.05, 0.1) is 17.3 Å². The highest BCUT2D eigenvalue weighted by molar-refractivity contribution is 6.35. The summed E-state index contributed by atoms with van der Waals surface area (Å²) in [6.45, 7) is 3.45. The molecule has 2 N–H and O–H groups in total. The number of carbonyl (C=O) groups excluding carboxylic acids is 2. The van der Waals surface area contributed by atoms with E-state index < -0.39 is 0 Å². The molecule has 2 aromatic carbocycles. The van der Waals surface area contributed by atoms with E-state index in [9.17, 15) is 14.0 Å². The molecule has 0 radical (unpaired) electrons. The van der Waals surface area contributed by atoms with Crippen LogP contribution < -0.4 is 10.6 Å². The molecule has 0 saturated carbocycles. The van der Waals surface area contributed by atoms with Crippen LogP contribution in [0.2, 0.25) is 10.0 Å². The molecule has 0 fully saturated rings. The van der Waals surface area contributed by atoms with Gasteiger partial charge in [-0.25, -0.2) is 4.39 Å². The Morgan fingerprint density at radius 2 is 1.79 bits per heavy atom. The third kappa shape index (κ3) is 7.46. The predicted octanol–water partition coefficient (Wildman–Crippen LogP) is 4.10. The molecule has 0 saturated heterocycles. The highest BCUT2D eigenvalue weighted by atomic mass is 35.5. The van der Waals surface area contributed by atoms with Crippen molar-refractivity contribution in [2.75, 3.05) is 25.0 Å². The summed E-state index contributed by atoms with van der Waals surface area (Å²) in [5.41, 5.74) is 1.27. The monoisotopic (exact) mass is 425 g/mol. The third-order valence-electron chi connectivity index (χ3n) is 4.07. The summed E-state index contributed by atoms with van der Waals surface area (Å²) in [7, 11) is 0. The van der Waals surface area contributed by atoms with Crippen molar-refractivity contribution >= 4 is 40.7 Å². The lowest BCUT2D eigenvalue weighted by Crippen LogP contribution is -2.38. The summed E-state index contributed by atoms with van der Waals surface area (Å²) >= 11 is 11.9. The van der Waals surface area contributed by atoms with Crippen LogP contribution in [0.15, 0.2) is 42.5 Å². The van der Waals surface area contributed by atoms with Gasteiger partial charge >= 0.3 is 0 Å². The second-order valence-electron chi connectivity index (χ2n) is 6.19. The number of amides is 2. The van der Waals surface area contributed by atoms with Crippen LogP contribution in [0.3, 0.4) is 0 Å². The van der Waals surface area contributed by atoms with E-state index in [1.165, 1.54) is 12.1 Å². The van der Waals surface area contributed by atoms with Crippen LogP contribution in [0.4, 0.5) is 10.1 Å². The quantitative estimate of drug-likeness (QED) is 0.635. The molecule has 0 atom stereocenters. The number of halogens is 3. The van der Waals surface area contributed by atoms with Crippen LogP contribution in [0.1, 0.15) is 18.9 Å². The zero-order valence-corrected chi connectivity index (χ0v) is 17.0. The zero-order chi connectivity index (χ0) is 20.5. The smallest absolute Gasteiger partial charge is 0.234 e. The van der Waals surface area contributed by atoms with Gasteiger partial charge in [0.15, 0.2) is 0 Å². The highest BCUT2D eigenvalue weighted by Gasteiger charge is 2.12. The molecule has 0 spiro atoms. The van der Waals surface area contributed by atoms with Crippen LogP contribution in [-0.2, 0) is 16.1 Å². The molecule has 2 rings (SSSR count). The number of anilines is 1. The van der Waals surface area contributed by atoms with Crippen molar-refractivity contribution in [1.82, 2.24) is 10.2 Å². The molecule has 0 aliphatic carbocycles. The minimum absolute atomic E-state index is 0.163. The average molecular weight is 426 g/mol. The van der Waals surface area contributed by atoms with Gasteiger partial charge in [0, 0.05) is 24.5 Å². The lowest BCUT2D eigenvalue weighted by molar-refractivity contribution is -0.123. The third-order valence-corrected chi connectivity index (χ3v) is 4.64. The summed E-state index contributed by atoms with van der Waals surface area (Å²) in [5.74, 6) is -0.691. The van der Waals surface area contributed by atoms with E-state index in [1.54, 1.807) is 30.3 Å². The van der Waals surface area contributed by atoms with E-state index in [2.05, 4.69) is 10.6 Å². The van der Waals surface area contributed by atoms with Crippen molar-refractivity contribution < 1.29 is 14.0 Å². The largest absolute Gasteiger partial charge is 0.351 e. The van der Waals surface area contributed by atoms with E-state index in [0.717, 1.165) is 5.56 Å². The van der Waals surface area contributed by atoms with Gasteiger partial charge in [-0.2, -0.15) is 0 Å². The van der Waals surface area contributed by atoms with Gasteiger partial charge < -0.3 is 10.6 Å². The first-order valence-corrected chi connectivity index (χ1v) is 9.61. The van der Waals surface area contributed by atoms with Crippen molar-refractivity contribution in [2.24, 2.45) is 0 Å².